The van der Waals surface area contributed by atoms with Crippen LogP contribution in [0.3, 0.4) is 0 Å². The number of ether oxygens (including phenoxy) is 2. The Bertz CT molecular complexity index is 645. The second kappa shape index (κ2) is 28.4. The maximum absolute atomic E-state index is 6.71. The van der Waals surface area contributed by atoms with Gasteiger partial charge in [0.25, 0.3) is 0 Å². The molecule has 2 atom stereocenters. The van der Waals surface area contributed by atoms with Gasteiger partial charge in [0.05, 0.1) is 0 Å². The highest BCUT2D eigenvalue weighted by Crippen LogP contribution is 2.40. The van der Waals surface area contributed by atoms with Crippen LogP contribution in [0.15, 0.2) is 24.3 Å². The van der Waals surface area contributed by atoms with Crippen molar-refractivity contribution in [2.75, 3.05) is 20.1 Å². The lowest BCUT2D eigenvalue weighted by molar-refractivity contribution is -0.193. The van der Waals surface area contributed by atoms with Gasteiger partial charge in [0.1, 0.15) is 12.2 Å². The maximum Gasteiger partial charge on any atom is 0.169 e. The minimum atomic E-state index is -0.293. The lowest BCUT2D eigenvalue weighted by Gasteiger charge is -2.30. The summed E-state index contributed by atoms with van der Waals surface area (Å²) in [6.45, 7) is 6.66. The molecule has 264 valence electrons. The Hall–Kier alpha value is -0.640. The Morgan fingerprint density at radius 2 is 0.733 bits per heavy atom. The van der Waals surface area contributed by atoms with Crippen LogP contribution in [-0.2, 0) is 9.47 Å². The van der Waals surface area contributed by atoms with Crippen molar-refractivity contribution in [2.24, 2.45) is 0 Å². The van der Waals surface area contributed by atoms with Crippen molar-refractivity contribution in [1.82, 2.24) is 4.90 Å². The van der Waals surface area contributed by atoms with E-state index < -0.39 is 0 Å². The van der Waals surface area contributed by atoms with Crippen LogP contribution in [0.25, 0.3) is 0 Å². The van der Waals surface area contributed by atoms with Crippen molar-refractivity contribution < 1.29 is 9.47 Å². The van der Waals surface area contributed by atoms with Crippen LogP contribution < -0.4 is 0 Å². The molecule has 3 heteroatoms. The Kier molecular flexibility index (Phi) is 25.6. The molecule has 0 aliphatic carbocycles. The molecule has 2 rings (SSSR count). The van der Waals surface area contributed by atoms with E-state index in [9.17, 15) is 0 Å². The molecule has 0 radical (unpaired) electrons. The molecule has 2 saturated heterocycles. The molecule has 2 fully saturated rings. The molecule has 2 heterocycles. The number of unbranched alkanes of at least 4 members (excludes halogenated alkanes) is 24. The highest BCUT2D eigenvalue weighted by Gasteiger charge is 2.49. The third kappa shape index (κ3) is 21.1. The summed E-state index contributed by atoms with van der Waals surface area (Å²) in [6, 6.07) is 0. The molecule has 1 unspecified atom stereocenters. The topological polar surface area (TPSA) is 21.7 Å². The second-order valence-corrected chi connectivity index (χ2v) is 14.8. The van der Waals surface area contributed by atoms with Gasteiger partial charge in [0, 0.05) is 25.9 Å². The van der Waals surface area contributed by atoms with Crippen molar-refractivity contribution in [1.29, 1.82) is 0 Å². The summed E-state index contributed by atoms with van der Waals surface area (Å²) in [6.07, 6.45) is 50.6. The Balaban J connectivity index is 1.47. The van der Waals surface area contributed by atoms with Crippen molar-refractivity contribution in [3.63, 3.8) is 0 Å². The van der Waals surface area contributed by atoms with E-state index in [4.69, 9.17) is 9.47 Å². The lowest BCUT2D eigenvalue weighted by Crippen LogP contribution is -2.34. The van der Waals surface area contributed by atoms with Crippen molar-refractivity contribution in [3.05, 3.63) is 24.3 Å². The van der Waals surface area contributed by atoms with E-state index in [0.717, 1.165) is 25.9 Å². The molecule has 0 spiro atoms. The number of allylic oxidation sites excluding steroid dienone is 4. The maximum atomic E-state index is 6.71. The summed E-state index contributed by atoms with van der Waals surface area (Å²) < 4.78 is 13.4. The predicted octanol–water partition coefficient (Wildman–Crippen LogP) is 13.3. The van der Waals surface area contributed by atoms with Crippen LogP contribution in [0.5, 0.6) is 0 Å². The zero-order valence-electron chi connectivity index (χ0n) is 30.9. The predicted molar refractivity (Wildman–Crippen MR) is 198 cm³/mol. The van der Waals surface area contributed by atoms with E-state index in [0.29, 0.717) is 12.2 Å². The van der Waals surface area contributed by atoms with E-state index >= 15 is 0 Å². The fourth-order valence-corrected chi connectivity index (χ4v) is 7.37. The highest BCUT2D eigenvalue weighted by atomic mass is 16.8. The number of nitrogens with zero attached hydrogens (tertiary/aromatic N) is 1. The minimum absolute atomic E-state index is 0.290. The summed E-state index contributed by atoms with van der Waals surface area (Å²) in [5.41, 5.74) is 0. The van der Waals surface area contributed by atoms with Crippen LogP contribution in [-0.4, -0.2) is 43.0 Å². The zero-order chi connectivity index (χ0) is 32.1. The van der Waals surface area contributed by atoms with Gasteiger partial charge in [0.15, 0.2) is 5.79 Å². The summed E-state index contributed by atoms with van der Waals surface area (Å²) >= 11 is 0. The molecule has 0 saturated carbocycles. The first-order valence-corrected chi connectivity index (χ1v) is 20.5. The number of hydrogen-bond donors (Lipinski definition) is 0. The third-order valence-electron chi connectivity index (χ3n) is 10.3. The largest absolute Gasteiger partial charge is 0.343 e. The molecule has 0 aromatic rings. The minimum Gasteiger partial charge on any atom is -0.343 e. The fourth-order valence-electron chi connectivity index (χ4n) is 7.37. The molecule has 3 nitrogen and oxygen atoms in total. The van der Waals surface area contributed by atoms with Gasteiger partial charge in [0.2, 0.25) is 0 Å². The fraction of sp³-hybridized carbons (Fsp3) is 0.905. The Labute approximate surface area is 282 Å². The van der Waals surface area contributed by atoms with Gasteiger partial charge >= 0.3 is 0 Å². The number of likely N-dealkylation sites (tertiary alicyclic amines) is 1. The average molecular weight is 630 g/mol. The molecular weight excluding hydrogens is 550 g/mol. The molecule has 0 amide bonds. The van der Waals surface area contributed by atoms with Gasteiger partial charge in [-0.05, 0) is 71.3 Å². The van der Waals surface area contributed by atoms with Crippen molar-refractivity contribution in [3.8, 4) is 0 Å². The molecule has 0 aromatic heterocycles. The number of rotatable bonds is 32. The molecule has 0 N–H and O–H groups in total. The van der Waals surface area contributed by atoms with E-state index in [1.165, 1.54) is 180 Å². The highest BCUT2D eigenvalue weighted by molar-refractivity contribution is 4.93. The first-order chi connectivity index (χ1) is 22.2. The van der Waals surface area contributed by atoms with E-state index in [1.54, 1.807) is 0 Å². The van der Waals surface area contributed by atoms with E-state index in [-0.39, 0.29) is 5.79 Å². The number of likely N-dealkylation sites (N-methyl/N-ethyl adjacent to an activating group) is 1. The summed E-state index contributed by atoms with van der Waals surface area (Å²) in [5.74, 6) is -0.293. The normalized spacial score (nSPS) is 22.0. The monoisotopic (exact) mass is 630 g/mol. The standard InChI is InChI=1S/C42H79NO2/c1-4-6-8-10-12-14-16-18-20-22-24-26-28-30-32-34-36-42(44-40-38-43(3)39-41(40)45-42)37-35-33-31-29-27-25-23-21-19-17-15-13-11-9-7-5-2/h18-21,40-41H,4-17,22-39H2,1-3H3/t40-,41?,42?/m0/s1. The van der Waals surface area contributed by atoms with Crippen LogP contribution >= 0.6 is 0 Å². The Morgan fingerprint density at radius 3 is 1.07 bits per heavy atom. The van der Waals surface area contributed by atoms with Gasteiger partial charge in [-0.1, -0.05) is 154 Å². The quantitative estimate of drug-likeness (QED) is 0.0546. The molecule has 2 aliphatic rings. The average Bonchev–Trinajstić information content (AvgIpc) is 3.54. The van der Waals surface area contributed by atoms with E-state index in [1.807, 2.05) is 0 Å². The van der Waals surface area contributed by atoms with Gasteiger partial charge in [-0.25, -0.2) is 0 Å². The molecule has 45 heavy (non-hydrogen) atoms. The van der Waals surface area contributed by atoms with Crippen LogP contribution in [0.4, 0.5) is 0 Å². The molecule has 2 aliphatic heterocycles. The lowest BCUT2D eigenvalue weighted by atomic mass is 9.98. The van der Waals surface area contributed by atoms with E-state index in [2.05, 4.69) is 50.1 Å². The summed E-state index contributed by atoms with van der Waals surface area (Å²) in [7, 11) is 2.20. The first-order valence-electron chi connectivity index (χ1n) is 20.5. The first kappa shape index (κ1) is 40.5. The number of hydrogen-bond acceptors (Lipinski definition) is 3. The SMILES string of the molecule is CCCCCCCCC=CCCCCCCCCC1(CCCCCCCCC=CCCCCCCCC)OC2CN(C)C[C@@H]2O1. The van der Waals surface area contributed by atoms with Crippen molar-refractivity contribution >= 4 is 0 Å². The smallest absolute Gasteiger partial charge is 0.169 e. The Morgan fingerprint density at radius 1 is 0.444 bits per heavy atom. The van der Waals surface area contributed by atoms with Gasteiger partial charge < -0.3 is 14.4 Å². The van der Waals surface area contributed by atoms with Gasteiger partial charge in [-0.15, -0.1) is 0 Å². The van der Waals surface area contributed by atoms with Crippen molar-refractivity contribution in [2.45, 2.75) is 224 Å². The molecule has 0 bridgehead atoms. The van der Waals surface area contributed by atoms with Gasteiger partial charge in [-0.3, -0.25) is 0 Å². The number of fused-ring (bicyclic) bond motifs is 1. The molecular formula is C42H79NO2. The summed E-state index contributed by atoms with van der Waals surface area (Å²) in [4.78, 5) is 2.37. The van der Waals surface area contributed by atoms with Crippen LogP contribution in [0, 0.1) is 0 Å². The zero-order valence-corrected chi connectivity index (χ0v) is 30.9. The molecule has 0 aromatic carbocycles. The van der Waals surface area contributed by atoms with Gasteiger partial charge in [-0.2, -0.15) is 0 Å². The van der Waals surface area contributed by atoms with Crippen LogP contribution in [0.2, 0.25) is 0 Å². The second-order valence-electron chi connectivity index (χ2n) is 14.8. The summed E-state index contributed by atoms with van der Waals surface area (Å²) in [5, 5.41) is 0. The third-order valence-corrected chi connectivity index (χ3v) is 10.3. The van der Waals surface area contributed by atoms with Crippen LogP contribution in [0.1, 0.15) is 206 Å².